The zero-order valence-corrected chi connectivity index (χ0v) is 12.6. The second-order valence-electron chi connectivity index (χ2n) is 4.85. The number of nitrogens with two attached hydrogens (primary N) is 1. The van der Waals surface area contributed by atoms with Gasteiger partial charge in [0.1, 0.15) is 12.0 Å². The van der Waals surface area contributed by atoms with Gasteiger partial charge in [-0.05, 0) is 12.5 Å². The number of nitrogens with zero attached hydrogens (tertiary/aromatic N) is 2. The van der Waals surface area contributed by atoms with Crippen LogP contribution in [-0.4, -0.2) is 34.3 Å². The van der Waals surface area contributed by atoms with Crippen LogP contribution in [0.5, 0.6) is 0 Å². The van der Waals surface area contributed by atoms with Crippen LogP contribution in [0.3, 0.4) is 0 Å². The molecule has 1 unspecified atom stereocenters. The lowest BCUT2D eigenvalue weighted by atomic mass is 10.1. The van der Waals surface area contributed by atoms with E-state index >= 15 is 0 Å². The van der Waals surface area contributed by atoms with Gasteiger partial charge >= 0.3 is 13.5 Å². The molecule has 2 heterocycles. The lowest BCUT2D eigenvalue weighted by molar-refractivity contribution is -0.0337. The molecule has 10 heteroatoms. The highest BCUT2D eigenvalue weighted by Crippen LogP contribution is 2.43. The molecule has 9 nitrogen and oxygen atoms in total. The number of rotatable bonds is 5. The van der Waals surface area contributed by atoms with E-state index in [0.717, 1.165) is 7.11 Å². The number of aromatic nitrogens is 2. The number of phosphoric ester groups is 1. The van der Waals surface area contributed by atoms with Gasteiger partial charge in [-0.25, -0.2) is 9.36 Å². The Morgan fingerprint density at radius 1 is 1.67 bits per heavy atom. The van der Waals surface area contributed by atoms with Gasteiger partial charge in [0.25, 0.3) is 0 Å². The first-order chi connectivity index (χ1) is 9.82. The molecule has 0 bridgehead atoms. The third-order valence-electron chi connectivity index (χ3n) is 3.23. The van der Waals surface area contributed by atoms with E-state index < -0.39 is 25.8 Å². The molecule has 0 radical (unpaired) electrons. The lowest BCUT2D eigenvalue weighted by Gasteiger charge is -2.18. The van der Waals surface area contributed by atoms with Gasteiger partial charge in [-0.3, -0.25) is 13.6 Å². The third-order valence-corrected chi connectivity index (χ3v) is 4.17. The standard InChI is InChI=1S/C11H18N3O6P/c1-7-5-8(6-19-21(16,17)18-2)20-10(7)14-4-3-9(12)13-11(14)15/h3-4,7-8,10H,5-6H2,1-2H3,(H,16,17)(H2,12,13,15)/t7-,8-,10+/m0/s1. The molecule has 118 valence electrons. The first-order valence-electron chi connectivity index (χ1n) is 6.35. The Morgan fingerprint density at radius 2 is 2.38 bits per heavy atom. The topological polar surface area (TPSA) is 126 Å². The minimum absolute atomic E-state index is 0.0161. The van der Waals surface area contributed by atoms with Gasteiger partial charge in [-0.2, -0.15) is 4.98 Å². The molecule has 2 rings (SSSR count). The molecule has 1 aliphatic heterocycles. The van der Waals surface area contributed by atoms with Crippen molar-refractivity contribution in [1.82, 2.24) is 9.55 Å². The SMILES string of the molecule is COP(=O)(O)OC[C@@H]1C[C@H](C)[C@H](n2ccc(N)nc2=O)O1. The van der Waals surface area contributed by atoms with Crippen molar-refractivity contribution < 1.29 is 23.2 Å². The Labute approximate surface area is 121 Å². The Bertz CT molecular complexity index is 606. The zero-order chi connectivity index (χ0) is 15.6. The van der Waals surface area contributed by atoms with Crippen molar-refractivity contribution in [3.05, 3.63) is 22.7 Å². The van der Waals surface area contributed by atoms with Gasteiger partial charge in [0.05, 0.1) is 12.7 Å². The van der Waals surface area contributed by atoms with E-state index in [-0.39, 0.29) is 18.3 Å². The minimum Gasteiger partial charge on any atom is -0.383 e. The average Bonchev–Trinajstić information content (AvgIpc) is 2.78. The fourth-order valence-electron chi connectivity index (χ4n) is 2.21. The Balaban J connectivity index is 2.04. The van der Waals surface area contributed by atoms with Crippen molar-refractivity contribution in [2.24, 2.45) is 5.92 Å². The van der Waals surface area contributed by atoms with Crippen LogP contribution in [0.2, 0.25) is 0 Å². The summed E-state index contributed by atoms with van der Waals surface area (Å²) >= 11 is 0. The highest BCUT2D eigenvalue weighted by atomic mass is 31.2. The predicted molar refractivity (Wildman–Crippen MR) is 73.4 cm³/mol. The summed E-state index contributed by atoms with van der Waals surface area (Å²) < 4.78 is 27.4. The maximum absolute atomic E-state index is 11.8. The van der Waals surface area contributed by atoms with Crippen LogP contribution in [-0.2, 0) is 18.3 Å². The molecule has 0 spiro atoms. The van der Waals surface area contributed by atoms with Gasteiger partial charge in [0.15, 0.2) is 0 Å². The van der Waals surface area contributed by atoms with Gasteiger partial charge in [-0.15, -0.1) is 0 Å². The Kier molecular flexibility index (Phi) is 4.80. The fourth-order valence-corrected chi connectivity index (χ4v) is 2.67. The van der Waals surface area contributed by atoms with Crippen molar-refractivity contribution in [2.75, 3.05) is 19.5 Å². The summed E-state index contributed by atoms with van der Waals surface area (Å²) in [5.41, 5.74) is 4.94. The van der Waals surface area contributed by atoms with Crippen LogP contribution < -0.4 is 11.4 Å². The zero-order valence-electron chi connectivity index (χ0n) is 11.7. The molecule has 0 saturated carbocycles. The third kappa shape index (κ3) is 3.90. The summed E-state index contributed by atoms with van der Waals surface area (Å²) in [4.78, 5) is 24.6. The molecule has 1 fully saturated rings. The summed E-state index contributed by atoms with van der Waals surface area (Å²) in [6.07, 6.45) is 1.16. The molecule has 1 aliphatic rings. The predicted octanol–water partition coefficient (Wildman–Crippen LogP) is 0.512. The largest absolute Gasteiger partial charge is 0.472 e. The molecule has 0 aliphatic carbocycles. The van der Waals surface area contributed by atoms with Crippen LogP contribution in [0, 0.1) is 5.92 Å². The van der Waals surface area contributed by atoms with E-state index in [2.05, 4.69) is 9.51 Å². The van der Waals surface area contributed by atoms with Crippen LogP contribution in [0.4, 0.5) is 5.82 Å². The van der Waals surface area contributed by atoms with Crippen LogP contribution in [0.1, 0.15) is 19.6 Å². The van der Waals surface area contributed by atoms with Crippen molar-refractivity contribution in [3.63, 3.8) is 0 Å². The number of ether oxygens (including phenoxy) is 1. The Hall–Kier alpha value is -1.25. The first-order valence-corrected chi connectivity index (χ1v) is 7.85. The fraction of sp³-hybridized carbons (Fsp3) is 0.636. The second-order valence-corrected chi connectivity index (χ2v) is 6.41. The number of nitrogen functional groups attached to an aromatic ring is 1. The van der Waals surface area contributed by atoms with Gasteiger partial charge in [-0.1, -0.05) is 6.92 Å². The maximum Gasteiger partial charge on any atom is 0.472 e. The van der Waals surface area contributed by atoms with Crippen molar-refractivity contribution >= 4 is 13.6 Å². The highest BCUT2D eigenvalue weighted by molar-refractivity contribution is 7.47. The lowest BCUT2D eigenvalue weighted by Crippen LogP contribution is -2.29. The molecule has 21 heavy (non-hydrogen) atoms. The van der Waals surface area contributed by atoms with Gasteiger partial charge in [0.2, 0.25) is 0 Å². The highest BCUT2D eigenvalue weighted by Gasteiger charge is 2.35. The van der Waals surface area contributed by atoms with Crippen LogP contribution >= 0.6 is 7.82 Å². The molecular weight excluding hydrogens is 301 g/mol. The van der Waals surface area contributed by atoms with E-state index in [4.69, 9.17) is 15.0 Å². The maximum atomic E-state index is 11.8. The molecule has 1 aromatic heterocycles. The van der Waals surface area contributed by atoms with E-state index in [1.165, 1.54) is 16.8 Å². The van der Waals surface area contributed by atoms with Gasteiger partial charge in [0, 0.05) is 19.2 Å². The minimum atomic E-state index is -4.03. The molecule has 3 N–H and O–H groups in total. The summed E-state index contributed by atoms with van der Waals surface area (Å²) in [5, 5.41) is 0. The van der Waals surface area contributed by atoms with Crippen molar-refractivity contribution in [2.45, 2.75) is 25.7 Å². The molecule has 0 amide bonds. The first kappa shape index (κ1) is 16.1. The van der Waals surface area contributed by atoms with E-state index in [1.54, 1.807) is 0 Å². The normalized spacial score (nSPS) is 28.4. The molecule has 1 aromatic rings. The molecular formula is C11H18N3O6P. The van der Waals surface area contributed by atoms with E-state index in [1.807, 2.05) is 6.92 Å². The van der Waals surface area contributed by atoms with Crippen molar-refractivity contribution in [1.29, 1.82) is 0 Å². The molecule has 0 aromatic carbocycles. The molecule has 4 atom stereocenters. The number of anilines is 1. The molecule has 1 saturated heterocycles. The monoisotopic (exact) mass is 319 g/mol. The van der Waals surface area contributed by atoms with Crippen molar-refractivity contribution in [3.8, 4) is 0 Å². The summed E-state index contributed by atoms with van der Waals surface area (Å²) in [6.45, 7) is 1.81. The summed E-state index contributed by atoms with van der Waals surface area (Å²) in [6, 6.07) is 1.51. The number of hydrogen-bond acceptors (Lipinski definition) is 7. The quantitative estimate of drug-likeness (QED) is 0.752. The number of phosphoric acid groups is 1. The van der Waals surface area contributed by atoms with Crippen LogP contribution in [0.25, 0.3) is 0 Å². The smallest absolute Gasteiger partial charge is 0.383 e. The number of hydrogen-bond donors (Lipinski definition) is 2. The Morgan fingerprint density at radius 3 is 3.00 bits per heavy atom. The average molecular weight is 319 g/mol. The summed E-state index contributed by atoms with van der Waals surface area (Å²) in [7, 11) is -2.95. The van der Waals surface area contributed by atoms with Gasteiger partial charge < -0.3 is 15.4 Å². The van der Waals surface area contributed by atoms with Crippen LogP contribution in [0.15, 0.2) is 17.1 Å². The summed E-state index contributed by atoms with van der Waals surface area (Å²) in [5.74, 6) is 0.158. The van der Waals surface area contributed by atoms with E-state index in [9.17, 15) is 14.3 Å². The second kappa shape index (κ2) is 6.25. The van der Waals surface area contributed by atoms with E-state index in [0.29, 0.717) is 6.42 Å².